The molecule has 0 saturated carbocycles. The Balaban J connectivity index is 1.85. The zero-order chi connectivity index (χ0) is 21.5. The monoisotopic (exact) mass is 446 g/mol. The number of rotatable bonds is 4. The lowest BCUT2D eigenvalue weighted by Crippen LogP contribution is -2.45. The fourth-order valence-corrected chi connectivity index (χ4v) is 5.01. The molecule has 0 aliphatic carbocycles. The second-order valence-electron chi connectivity index (χ2n) is 7.62. The van der Waals surface area contributed by atoms with Crippen molar-refractivity contribution in [3.63, 3.8) is 0 Å². The third kappa shape index (κ3) is 4.10. The highest BCUT2D eigenvalue weighted by Crippen LogP contribution is 2.36. The Labute approximate surface area is 181 Å². The smallest absolute Gasteiger partial charge is 0.236 e. The summed E-state index contributed by atoms with van der Waals surface area (Å²) in [6, 6.07) is 13.7. The molecule has 1 aliphatic heterocycles. The van der Waals surface area contributed by atoms with Gasteiger partial charge in [0.05, 0.1) is 17.1 Å². The molecule has 1 aromatic heterocycles. The number of ether oxygens (including phenoxy) is 1. The molecular weight excluding hydrogens is 424 g/mol. The molecule has 0 bridgehead atoms. The summed E-state index contributed by atoms with van der Waals surface area (Å²) in [5.74, 6) is 0.474. The van der Waals surface area contributed by atoms with Crippen LogP contribution in [0.2, 0.25) is 5.02 Å². The minimum Gasteiger partial charge on any atom is -0.419 e. The van der Waals surface area contributed by atoms with Crippen LogP contribution in [0.15, 0.2) is 62.9 Å². The van der Waals surface area contributed by atoms with E-state index in [0.29, 0.717) is 23.7 Å². The fourth-order valence-electron chi connectivity index (χ4n) is 3.56. The molecule has 1 aliphatic rings. The number of hydrogen-bond donors (Lipinski definition) is 0. The molecule has 2 heterocycles. The molecule has 2 unspecified atom stereocenters. The van der Waals surface area contributed by atoms with Gasteiger partial charge < -0.3 is 14.1 Å². The summed E-state index contributed by atoms with van der Waals surface area (Å²) >= 11 is 5.99. The SMILES string of the molecule is Cc1ccc(S(=O)(=O)c2nc(-c3ccc(Cl)cc3)oc2N2CC(C)OC(C)C2)cc1. The van der Waals surface area contributed by atoms with Crippen LogP contribution in [0.4, 0.5) is 5.88 Å². The van der Waals surface area contributed by atoms with Gasteiger partial charge in [0.1, 0.15) is 0 Å². The minimum absolute atomic E-state index is 0.0623. The number of hydrogen-bond acceptors (Lipinski definition) is 6. The van der Waals surface area contributed by atoms with E-state index in [1.165, 1.54) is 0 Å². The van der Waals surface area contributed by atoms with Crippen molar-refractivity contribution >= 4 is 27.3 Å². The van der Waals surface area contributed by atoms with Crippen LogP contribution in [-0.2, 0) is 14.6 Å². The van der Waals surface area contributed by atoms with Gasteiger partial charge in [-0.2, -0.15) is 4.98 Å². The van der Waals surface area contributed by atoms with Crippen LogP contribution in [0, 0.1) is 6.92 Å². The molecule has 0 amide bonds. The van der Waals surface area contributed by atoms with Crippen molar-refractivity contribution in [2.24, 2.45) is 0 Å². The van der Waals surface area contributed by atoms with Crippen molar-refractivity contribution in [2.75, 3.05) is 18.0 Å². The van der Waals surface area contributed by atoms with Crippen molar-refractivity contribution in [1.29, 1.82) is 0 Å². The summed E-state index contributed by atoms with van der Waals surface area (Å²) in [6.07, 6.45) is -0.125. The third-order valence-electron chi connectivity index (χ3n) is 4.96. The van der Waals surface area contributed by atoms with Crippen molar-refractivity contribution in [3.05, 3.63) is 59.1 Å². The van der Waals surface area contributed by atoms with Crippen LogP contribution < -0.4 is 4.90 Å². The van der Waals surface area contributed by atoms with Crippen molar-refractivity contribution in [1.82, 2.24) is 4.98 Å². The van der Waals surface area contributed by atoms with Gasteiger partial charge >= 0.3 is 0 Å². The Kier molecular flexibility index (Phi) is 5.61. The molecule has 4 rings (SSSR count). The number of halogens is 1. The largest absolute Gasteiger partial charge is 0.419 e. The average Bonchev–Trinajstić information content (AvgIpc) is 3.14. The zero-order valence-electron chi connectivity index (χ0n) is 17.0. The molecule has 1 fully saturated rings. The highest BCUT2D eigenvalue weighted by molar-refractivity contribution is 7.91. The molecule has 0 spiro atoms. The topological polar surface area (TPSA) is 72.6 Å². The Bertz CT molecular complexity index is 1130. The molecular formula is C22H23ClN2O4S. The van der Waals surface area contributed by atoms with Gasteiger partial charge in [0, 0.05) is 23.7 Å². The third-order valence-corrected chi connectivity index (χ3v) is 6.88. The molecule has 0 N–H and O–H groups in total. The lowest BCUT2D eigenvalue weighted by Gasteiger charge is -2.35. The normalized spacial score (nSPS) is 19.8. The molecule has 0 radical (unpaired) electrons. The van der Waals surface area contributed by atoms with Crippen LogP contribution >= 0.6 is 11.6 Å². The maximum absolute atomic E-state index is 13.5. The predicted octanol–water partition coefficient (Wildman–Crippen LogP) is 4.75. The number of anilines is 1. The van der Waals surface area contributed by atoms with Crippen LogP contribution in [0.5, 0.6) is 0 Å². The van der Waals surface area contributed by atoms with Crippen LogP contribution in [0.25, 0.3) is 11.5 Å². The lowest BCUT2D eigenvalue weighted by atomic mass is 10.2. The second kappa shape index (κ2) is 8.06. The van der Waals surface area contributed by atoms with Crippen LogP contribution in [0.1, 0.15) is 19.4 Å². The fraction of sp³-hybridized carbons (Fsp3) is 0.318. The van der Waals surface area contributed by atoms with Crippen molar-refractivity contribution in [2.45, 2.75) is 42.9 Å². The molecule has 30 heavy (non-hydrogen) atoms. The maximum atomic E-state index is 13.5. The first-order chi connectivity index (χ1) is 14.2. The van der Waals surface area contributed by atoms with Gasteiger partial charge in [-0.1, -0.05) is 29.3 Å². The van der Waals surface area contributed by atoms with Gasteiger partial charge in [0.25, 0.3) is 0 Å². The molecule has 2 atom stereocenters. The minimum atomic E-state index is -3.88. The standard InChI is InChI=1S/C22H23ClN2O4S/c1-14-4-10-19(11-5-14)30(26,27)21-22(25-12-15(2)28-16(3)13-25)29-20(24-21)17-6-8-18(23)9-7-17/h4-11,15-16H,12-13H2,1-3H3. The number of oxazole rings is 1. The van der Waals surface area contributed by atoms with Crippen LogP contribution in [-0.4, -0.2) is 38.7 Å². The van der Waals surface area contributed by atoms with Crippen molar-refractivity contribution in [3.8, 4) is 11.5 Å². The maximum Gasteiger partial charge on any atom is 0.236 e. The van der Waals surface area contributed by atoms with E-state index in [4.69, 9.17) is 20.8 Å². The predicted molar refractivity (Wildman–Crippen MR) is 116 cm³/mol. The van der Waals surface area contributed by atoms with Gasteiger partial charge in [0.15, 0.2) is 0 Å². The van der Waals surface area contributed by atoms with E-state index < -0.39 is 9.84 Å². The van der Waals surface area contributed by atoms with Gasteiger partial charge in [-0.25, -0.2) is 8.42 Å². The number of aromatic nitrogens is 1. The Morgan fingerprint density at radius 2 is 1.60 bits per heavy atom. The average molecular weight is 447 g/mol. The molecule has 8 heteroatoms. The number of morpholine rings is 1. The van der Waals surface area contributed by atoms with Gasteiger partial charge in [-0.05, 0) is 57.2 Å². The zero-order valence-corrected chi connectivity index (χ0v) is 18.6. The molecule has 1 saturated heterocycles. The summed E-state index contributed by atoms with van der Waals surface area (Å²) in [6.45, 7) is 6.83. The summed E-state index contributed by atoms with van der Waals surface area (Å²) in [5, 5.41) is 0.492. The summed E-state index contributed by atoms with van der Waals surface area (Å²) < 4.78 is 38.8. The molecule has 3 aromatic rings. The van der Waals surface area contributed by atoms with E-state index in [2.05, 4.69) is 4.98 Å². The number of sulfone groups is 1. The van der Waals surface area contributed by atoms with E-state index in [1.807, 2.05) is 25.7 Å². The quantitative estimate of drug-likeness (QED) is 0.575. The van der Waals surface area contributed by atoms with E-state index >= 15 is 0 Å². The van der Waals surface area contributed by atoms with E-state index in [1.54, 1.807) is 48.5 Å². The van der Waals surface area contributed by atoms with Gasteiger partial charge in [-0.15, -0.1) is 0 Å². The first kappa shape index (κ1) is 20.9. The highest BCUT2D eigenvalue weighted by Gasteiger charge is 2.34. The van der Waals surface area contributed by atoms with Gasteiger partial charge in [0.2, 0.25) is 26.6 Å². The van der Waals surface area contributed by atoms with Crippen molar-refractivity contribution < 1.29 is 17.6 Å². The van der Waals surface area contributed by atoms with E-state index in [0.717, 1.165) is 5.56 Å². The summed E-state index contributed by atoms with van der Waals surface area (Å²) in [4.78, 5) is 6.50. The highest BCUT2D eigenvalue weighted by atomic mass is 35.5. The summed E-state index contributed by atoms with van der Waals surface area (Å²) in [7, 11) is -3.88. The second-order valence-corrected chi connectivity index (χ2v) is 9.92. The molecule has 158 valence electrons. The van der Waals surface area contributed by atoms with Gasteiger partial charge in [-0.3, -0.25) is 0 Å². The summed E-state index contributed by atoms with van der Waals surface area (Å²) in [5.41, 5.74) is 1.63. The first-order valence-electron chi connectivity index (χ1n) is 9.73. The molecule has 2 aromatic carbocycles. The Morgan fingerprint density at radius 3 is 2.20 bits per heavy atom. The lowest BCUT2D eigenvalue weighted by molar-refractivity contribution is -0.00657. The first-order valence-corrected chi connectivity index (χ1v) is 11.6. The van der Waals surface area contributed by atoms with Crippen LogP contribution in [0.3, 0.4) is 0 Å². The Hall–Kier alpha value is -2.35. The van der Waals surface area contributed by atoms with E-state index in [-0.39, 0.29) is 33.9 Å². The number of benzene rings is 2. The number of aryl methyl sites for hydroxylation is 1. The Morgan fingerprint density at radius 1 is 1.00 bits per heavy atom. The van der Waals surface area contributed by atoms with E-state index in [9.17, 15) is 8.42 Å². The molecule has 6 nitrogen and oxygen atoms in total. The number of nitrogens with zero attached hydrogens (tertiary/aromatic N) is 2.